The van der Waals surface area contributed by atoms with Crippen LogP contribution >= 0.6 is 0 Å². The number of carbonyl (C=O) groups excluding carboxylic acids is 1. The van der Waals surface area contributed by atoms with E-state index in [-0.39, 0.29) is 24.7 Å². The molecule has 1 amide bonds. The lowest BCUT2D eigenvalue weighted by Gasteiger charge is -2.22. The predicted octanol–water partition coefficient (Wildman–Crippen LogP) is 3.40. The zero-order chi connectivity index (χ0) is 25.9. The smallest absolute Gasteiger partial charge is 0.305 e. The average Bonchev–Trinajstić information content (AvgIpc) is 3.27. The molecule has 1 aliphatic rings. The third kappa shape index (κ3) is 4.99. The van der Waals surface area contributed by atoms with Gasteiger partial charge in [-0.3, -0.25) is 19.9 Å². The third-order valence-corrected chi connectivity index (χ3v) is 6.44. The number of hydrogen-bond acceptors (Lipinski definition) is 6. The molecular formula is C27H27N7O3. The fourth-order valence-corrected chi connectivity index (χ4v) is 4.67. The molecule has 10 heteroatoms. The van der Waals surface area contributed by atoms with Crippen LogP contribution in [0.15, 0.2) is 60.8 Å². The van der Waals surface area contributed by atoms with Gasteiger partial charge in [-0.1, -0.05) is 6.07 Å². The molecule has 2 aromatic carbocycles. The molecule has 10 nitrogen and oxygen atoms in total. The Kier molecular flexibility index (Phi) is 6.55. The molecule has 188 valence electrons. The third-order valence-electron chi connectivity index (χ3n) is 6.44. The van der Waals surface area contributed by atoms with Crippen molar-refractivity contribution >= 4 is 40.3 Å². The highest BCUT2D eigenvalue weighted by molar-refractivity contribution is 6.07. The quantitative estimate of drug-likeness (QED) is 0.204. The first kappa shape index (κ1) is 24.0. The molecule has 4 aromatic rings. The van der Waals surface area contributed by atoms with Gasteiger partial charge in [-0.15, -0.1) is 0 Å². The number of amidine groups is 1. The normalized spacial score (nSPS) is 12.3. The number of nitrogen functional groups attached to an aromatic ring is 1. The lowest BCUT2D eigenvalue weighted by atomic mass is 10.0. The minimum Gasteiger partial charge on any atom is -0.481 e. The Morgan fingerprint density at radius 2 is 1.95 bits per heavy atom. The van der Waals surface area contributed by atoms with E-state index in [1.807, 2.05) is 18.2 Å². The summed E-state index contributed by atoms with van der Waals surface area (Å²) in [5.41, 5.74) is 10.4. The van der Waals surface area contributed by atoms with Crippen LogP contribution in [0.4, 0.5) is 11.5 Å². The molecule has 5 rings (SSSR count). The summed E-state index contributed by atoms with van der Waals surface area (Å²) in [5, 5.41) is 20.1. The number of aryl methyl sites for hydroxylation is 2. The van der Waals surface area contributed by atoms with Crippen LogP contribution in [-0.2, 0) is 24.3 Å². The molecule has 0 aliphatic carbocycles. The molecule has 2 aromatic heterocycles. The van der Waals surface area contributed by atoms with Crippen molar-refractivity contribution in [2.45, 2.75) is 32.4 Å². The van der Waals surface area contributed by atoms with Gasteiger partial charge in [0.2, 0.25) is 0 Å². The summed E-state index contributed by atoms with van der Waals surface area (Å²) in [7, 11) is 0. The number of imidazole rings is 1. The Morgan fingerprint density at radius 1 is 1.14 bits per heavy atom. The first-order chi connectivity index (χ1) is 17.9. The summed E-state index contributed by atoms with van der Waals surface area (Å²) in [6.45, 7) is 1.36. The van der Waals surface area contributed by atoms with Crippen molar-refractivity contribution in [2.75, 3.05) is 16.8 Å². The van der Waals surface area contributed by atoms with Crippen LogP contribution in [0.25, 0.3) is 11.0 Å². The number of nitrogens with two attached hydrogens (primary N) is 1. The molecule has 0 radical (unpaired) electrons. The lowest BCUT2D eigenvalue weighted by Crippen LogP contribution is -2.33. The Balaban J connectivity index is 1.44. The maximum atomic E-state index is 13.6. The van der Waals surface area contributed by atoms with Gasteiger partial charge in [0, 0.05) is 36.1 Å². The average molecular weight is 498 g/mol. The summed E-state index contributed by atoms with van der Waals surface area (Å²) in [4.78, 5) is 35.4. The van der Waals surface area contributed by atoms with Gasteiger partial charge in [-0.05, 0) is 66.9 Å². The number of pyridine rings is 1. The van der Waals surface area contributed by atoms with Gasteiger partial charge in [-0.25, -0.2) is 9.97 Å². The second-order valence-corrected chi connectivity index (χ2v) is 8.92. The fourth-order valence-electron chi connectivity index (χ4n) is 4.67. The Morgan fingerprint density at radius 3 is 2.65 bits per heavy atom. The van der Waals surface area contributed by atoms with Gasteiger partial charge in [0.05, 0.1) is 24.0 Å². The highest BCUT2D eigenvalue weighted by atomic mass is 16.4. The molecular weight excluding hydrogens is 470 g/mol. The van der Waals surface area contributed by atoms with Crippen LogP contribution in [0.2, 0.25) is 0 Å². The van der Waals surface area contributed by atoms with Crippen LogP contribution in [0.3, 0.4) is 0 Å². The van der Waals surface area contributed by atoms with Gasteiger partial charge < -0.3 is 20.7 Å². The van der Waals surface area contributed by atoms with Gasteiger partial charge >= 0.3 is 5.97 Å². The monoisotopic (exact) mass is 497 g/mol. The van der Waals surface area contributed by atoms with E-state index in [9.17, 15) is 14.7 Å². The summed E-state index contributed by atoms with van der Waals surface area (Å²) < 4.78 is 2.19. The Bertz CT molecular complexity index is 1480. The Hall–Kier alpha value is -4.73. The molecule has 5 N–H and O–H groups in total. The van der Waals surface area contributed by atoms with E-state index in [1.54, 1.807) is 42.6 Å². The molecule has 0 unspecified atom stereocenters. The van der Waals surface area contributed by atoms with Crippen molar-refractivity contribution < 1.29 is 14.7 Å². The number of carboxylic acids is 1. The van der Waals surface area contributed by atoms with Gasteiger partial charge in [0.25, 0.3) is 5.91 Å². The molecule has 0 atom stereocenters. The number of rotatable bonds is 9. The molecule has 0 saturated heterocycles. The van der Waals surface area contributed by atoms with Crippen LogP contribution in [0.5, 0.6) is 0 Å². The van der Waals surface area contributed by atoms with Gasteiger partial charge in [-0.2, -0.15) is 0 Å². The van der Waals surface area contributed by atoms with Crippen molar-refractivity contribution in [3.8, 4) is 0 Å². The number of carboxylic acid groups (broad SMARTS) is 1. The summed E-state index contributed by atoms with van der Waals surface area (Å²) >= 11 is 0. The molecule has 3 heterocycles. The molecule has 37 heavy (non-hydrogen) atoms. The molecule has 0 bridgehead atoms. The summed E-state index contributed by atoms with van der Waals surface area (Å²) in [6.07, 6.45) is 3.16. The zero-order valence-corrected chi connectivity index (χ0v) is 20.1. The van der Waals surface area contributed by atoms with E-state index in [0.29, 0.717) is 23.5 Å². The standard InChI is InChI=1S/C27H27N7O3/c28-26(29)17-6-8-20(9-7-17)31-16-23-32-21-15-19(14-18-4-3-12-33(23)25(18)21)27(37)34(13-10-24(35)36)22-5-1-2-11-30-22/h1-2,5-9,11,14-15,31H,3-4,10,12-13,16H2,(H3,28,29)(H,35,36). The molecule has 0 spiro atoms. The first-order valence-corrected chi connectivity index (χ1v) is 12.1. The molecule has 0 saturated carbocycles. The van der Waals surface area contributed by atoms with E-state index in [4.69, 9.17) is 16.1 Å². The number of aromatic nitrogens is 3. The number of nitrogens with zero attached hydrogens (tertiary/aromatic N) is 4. The largest absolute Gasteiger partial charge is 0.481 e. The van der Waals surface area contributed by atoms with Crippen molar-refractivity contribution in [1.82, 2.24) is 14.5 Å². The van der Waals surface area contributed by atoms with E-state index in [2.05, 4.69) is 14.9 Å². The van der Waals surface area contributed by atoms with Crippen LogP contribution < -0.4 is 16.0 Å². The van der Waals surface area contributed by atoms with Gasteiger partial charge in [0.15, 0.2) is 0 Å². The van der Waals surface area contributed by atoms with Crippen LogP contribution in [-0.4, -0.2) is 43.9 Å². The topological polar surface area (TPSA) is 150 Å². The van der Waals surface area contributed by atoms with Crippen molar-refractivity contribution in [3.05, 3.63) is 83.3 Å². The van der Waals surface area contributed by atoms with Gasteiger partial charge in [0.1, 0.15) is 17.5 Å². The summed E-state index contributed by atoms with van der Waals surface area (Å²) in [6, 6.07) is 16.2. The number of hydrogen-bond donors (Lipinski definition) is 4. The van der Waals surface area contributed by atoms with Crippen molar-refractivity contribution in [3.63, 3.8) is 0 Å². The SMILES string of the molecule is N=C(N)c1ccc(NCc2nc3cc(C(=O)N(CCC(=O)O)c4ccccn4)cc4c3n2CCC4)cc1. The maximum Gasteiger partial charge on any atom is 0.305 e. The second-order valence-electron chi connectivity index (χ2n) is 8.92. The highest BCUT2D eigenvalue weighted by Crippen LogP contribution is 2.29. The number of anilines is 2. The van der Waals surface area contributed by atoms with Crippen molar-refractivity contribution in [2.24, 2.45) is 5.73 Å². The minimum absolute atomic E-state index is 0.0184. The number of aliphatic carboxylic acids is 1. The maximum absolute atomic E-state index is 13.6. The number of nitrogens with one attached hydrogen (secondary N) is 2. The van der Waals surface area contributed by atoms with Crippen LogP contribution in [0, 0.1) is 5.41 Å². The van der Waals surface area contributed by atoms with E-state index in [0.717, 1.165) is 47.5 Å². The zero-order valence-electron chi connectivity index (χ0n) is 20.1. The predicted molar refractivity (Wildman–Crippen MR) is 141 cm³/mol. The number of benzene rings is 2. The minimum atomic E-state index is -0.980. The number of carbonyl (C=O) groups is 2. The van der Waals surface area contributed by atoms with Crippen LogP contribution in [0.1, 0.15) is 40.2 Å². The van der Waals surface area contributed by atoms with E-state index >= 15 is 0 Å². The second kappa shape index (κ2) is 10.1. The molecule has 1 aliphatic heterocycles. The lowest BCUT2D eigenvalue weighted by molar-refractivity contribution is -0.136. The highest BCUT2D eigenvalue weighted by Gasteiger charge is 2.24. The Labute approximate surface area is 213 Å². The number of amides is 1. The van der Waals surface area contributed by atoms with E-state index < -0.39 is 5.97 Å². The molecule has 0 fully saturated rings. The summed E-state index contributed by atoms with van der Waals surface area (Å²) in [5.74, 6) is 0.0184. The first-order valence-electron chi connectivity index (χ1n) is 12.1. The fraction of sp³-hybridized carbons (Fsp3) is 0.222. The van der Waals surface area contributed by atoms with Crippen molar-refractivity contribution in [1.29, 1.82) is 5.41 Å². The van der Waals surface area contributed by atoms with E-state index in [1.165, 1.54) is 4.90 Å².